The Balaban J connectivity index is 1.42. The SMILES string of the molecule is O=C(NCCc1nc2ccccc2[nH]1)c1ccc(N2CCCCC2)c([N+](=O)[O-])c1. The number of hydrogen-bond acceptors (Lipinski definition) is 5. The molecule has 0 radical (unpaired) electrons. The molecule has 0 aliphatic carbocycles. The normalized spacial score (nSPS) is 14.1. The number of aromatic amines is 1. The van der Waals surface area contributed by atoms with Crippen LogP contribution in [0.25, 0.3) is 11.0 Å². The standard InChI is InChI=1S/C21H23N5O3/c27-21(22-11-10-20-23-16-6-2-3-7-17(16)24-20)15-8-9-18(19(14-15)26(28)29)25-12-4-1-5-13-25/h2-3,6-9,14H,1,4-5,10-13H2,(H,22,27)(H,23,24). The molecule has 2 heterocycles. The molecule has 150 valence electrons. The van der Waals surface area contributed by atoms with Crippen LogP contribution in [0.1, 0.15) is 35.4 Å². The van der Waals surface area contributed by atoms with Gasteiger partial charge in [-0.2, -0.15) is 0 Å². The lowest BCUT2D eigenvalue weighted by Gasteiger charge is -2.28. The number of imidazole rings is 1. The molecule has 0 saturated carbocycles. The molecule has 2 N–H and O–H groups in total. The monoisotopic (exact) mass is 393 g/mol. The molecule has 8 heteroatoms. The minimum Gasteiger partial charge on any atom is -0.366 e. The van der Waals surface area contributed by atoms with Gasteiger partial charge in [0.15, 0.2) is 0 Å². The van der Waals surface area contributed by atoms with E-state index in [1.54, 1.807) is 12.1 Å². The number of nitrogens with zero attached hydrogens (tertiary/aromatic N) is 3. The maximum atomic E-state index is 12.5. The van der Waals surface area contributed by atoms with Crippen molar-refractivity contribution >= 4 is 28.3 Å². The zero-order valence-corrected chi connectivity index (χ0v) is 16.1. The summed E-state index contributed by atoms with van der Waals surface area (Å²) in [4.78, 5) is 33.4. The number of fused-ring (bicyclic) bond motifs is 1. The third-order valence-electron chi connectivity index (χ3n) is 5.22. The van der Waals surface area contributed by atoms with Gasteiger partial charge in [-0.1, -0.05) is 12.1 Å². The molecule has 1 saturated heterocycles. The Morgan fingerprint density at radius 2 is 1.97 bits per heavy atom. The van der Waals surface area contributed by atoms with E-state index in [9.17, 15) is 14.9 Å². The van der Waals surface area contributed by atoms with Crippen molar-refractivity contribution in [2.45, 2.75) is 25.7 Å². The minimum atomic E-state index is -0.408. The van der Waals surface area contributed by atoms with Gasteiger partial charge in [0.05, 0.1) is 16.0 Å². The van der Waals surface area contributed by atoms with Crippen molar-refractivity contribution in [3.63, 3.8) is 0 Å². The van der Waals surface area contributed by atoms with Crippen molar-refractivity contribution in [1.29, 1.82) is 0 Å². The minimum absolute atomic E-state index is 0.0168. The van der Waals surface area contributed by atoms with Crippen molar-refractivity contribution in [2.24, 2.45) is 0 Å². The van der Waals surface area contributed by atoms with E-state index in [1.807, 2.05) is 29.2 Å². The molecule has 0 unspecified atom stereocenters. The number of amides is 1. The number of hydrogen-bond donors (Lipinski definition) is 2. The summed E-state index contributed by atoms with van der Waals surface area (Å²) in [5.74, 6) is 0.465. The first-order valence-corrected chi connectivity index (χ1v) is 9.87. The number of anilines is 1. The first-order chi connectivity index (χ1) is 14.1. The van der Waals surface area contributed by atoms with Gasteiger partial charge < -0.3 is 15.2 Å². The van der Waals surface area contributed by atoms with Crippen LogP contribution in [-0.4, -0.2) is 40.4 Å². The van der Waals surface area contributed by atoms with Gasteiger partial charge in [0.1, 0.15) is 11.5 Å². The number of para-hydroxylation sites is 2. The number of H-pyrrole nitrogens is 1. The Morgan fingerprint density at radius 1 is 1.17 bits per heavy atom. The quantitative estimate of drug-likeness (QED) is 0.493. The number of rotatable bonds is 6. The first kappa shape index (κ1) is 18.9. The van der Waals surface area contributed by atoms with Gasteiger partial charge in [-0.05, 0) is 43.5 Å². The van der Waals surface area contributed by atoms with Gasteiger partial charge in [0.25, 0.3) is 11.6 Å². The molecular formula is C21H23N5O3. The number of benzene rings is 2. The van der Waals surface area contributed by atoms with Crippen molar-refractivity contribution in [3.05, 3.63) is 64.0 Å². The summed E-state index contributed by atoms with van der Waals surface area (Å²) >= 11 is 0. The topological polar surface area (TPSA) is 104 Å². The highest BCUT2D eigenvalue weighted by molar-refractivity contribution is 5.95. The summed E-state index contributed by atoms with van der Waals surface area (Å²) in [6, 6.07) is 12.5. The van der Waals surface area contributed by atoms with Crippen LogP contribution in [0, 0.1) is 10.1 Å². The number of piperidine rings is 1. The second-order valence-electron chi connectivity index (χ2n) is 7.21. The average molecular weight is 393 g/mol. The number of nitro groups is 1. The maximum Gasteiger partial charge on any atom is 0.293 e. The van der Waals surface area contributed by atoms with Crippen LogP contribution < -0.4 is 10.2 Å². The van der Waals surface area contributed by atoms with Gasteiger partial charge in [-0.25, -0.2) is 4.98 Å². The fourth-order valence-corrected chi connectivity index (χ4v) is 3.73. The predicted octanol–water partition coefficient (Wildman–Crippen LogP) is 3.43. The van der Waals surface area contributed by atoms with Gasteiger partial charge >= 0.3 is 0 Å². The molecule has 1 fully saturated rings. The van der Waals surface area contributed by atoms with Gasteiger partial charge in [0.2, 0.25) is 0 Å². The third kappa shape index (κ3) is 4.21. The fourth-order valence-electron chi connectivity index (χ4n) is 3.73. The van der Waals surface area contributed by atoms with E-state index in [4.69, 9.17) is 0 Å². The van der Waals surface area contributed by atoms with Crippen molar-refractivity contribution in [2.75, 3.05) is 24.5 Å². The molecule has 0 spiro atoms. The summed E-state index contributed by atoms with van der Waals surface area (Å²) in [5, 5.41) is 14.4. The molecule has 0 atom stereocenters. The summed E-state index contributed by atoms with van der Waals surface area (Å²) in [6.07, 6.45) is 3.76. The highest BCUT2D eigenvalue weighted by atomic mass is 16.6. The number of aromatic nitrogens is 2. The van der Waals surface area contributed by atoms with E-state index in [0.29, 0.717) is 24.2 Å². The van der Waals surface area contributed by atoms with Gasteiger partial charge in [-0.3, -0.25) is 14.9 Å². The van der Waals surface area contributed by atoms with E-state index in [2.05, 4.69) is 15.3 Å². The summed E-state index contributed by atoms with van der Waals surface area (Å²) < 4.78 is 0. The summed E-state index contributed by atoms with van der Waals surface area (Å²) in [5.41, 5.74) is 2.71. The molecular weight excluding hydrogens is 370 g/mol. The number of carbonyl (C=O) groups is 1. The molecule has 3 aromatic rings. The Hall–Kier alpha value is -3.42. The summed E-state index contributed by atoms with van der Waals surface area (Å²) in [6.45, 7) is 2.01. The lowest BCUT2D eigenvalue weighted by atomic mass is 10.1. The fraction of sp³-hybridized carbons (Fsp3) is 0.333. The zero-order chi connectivity index (χ0) is 20.2. The highest BCUT2D eigenvalue weighted by Crippen LogP contribution is 2.31. The van der Waals surface area contributed by atoms with Crippen LogP contribution in [0.15, 0.2) is 42.5 Å². The second kappa shape index (κ2) is 8.30. The molecule has 2 aromatic carbocycles. The Morgan fingerprint density at radius 3 is 2.72 bits per heavy atom. The summed E-state index contributed by atoms with van der Waals surface area (Å²) in [7, 11) is 0. The smallest absolute Gasteiger partial charge is 0.293 e. The number of carbonyl (C=O) groups excluding carboxylic acids is 1. The second-order valence-corrected chi connectivity index (χ2v) is 7.21. The van der Waals surface area contributed by atoms with Crippen molar-refractivity contribution < 1.29 is 9.72 Å². The third-order valence-corrected chi connectivity index (χ3v) is 5.22. The molecule has 29 heavy (non-hydrogen) atoms. The molecule has 1 aliphatic heterocycles. The van der Waals surface area contributed by atoms with Gasteiger partial charge in [-0.15, -0.1) is 0 Å². The van der Waals surface area contributed by atoms with E-state index in [-0.39, 0.29) is 11.6 Å². The van der Waals surface area contributed by atoms with E-state index in [0.717, 1.165) is 49.2 Å². The maximum absolute atomic E-state index is 12.5. The zero-order valence-electron chi connectivity index (χ0n) is 16.1. The van der Waals surface area contributed by atoms with Crippen LogP contribution in [0.5, 0.6) is 0 Å². The van der Waals surface area contributed by atoms with Crippen LogP contribution in [0.4, 0.5) is 11.4 Å². The lowest BCUT2D eigenvalue weighted by Crippen LogP contribution is -2.30. The van der Waals surface area contributed by atoms with Gasteiger partial charge in [0, 0.05) is 37.7 Å². The van der Waals surface area contributed by atoms with E-state index in [1.165, 1.54) is 6.07 Å². The van der Waals surface area contributed by atoms with Crippen molar-refractivity contribution in [1.82, 2.24) is 15.3 Å². The Kier molecular flexibility index (Phi) is 5.41. The number of nitrogens with one attached hydrogen (secondary N) is 2. The van der Waals surface area contributed by atoms with E-state index >= 15 is 0 Å². The van der Waals surface area contributed by atoms with Crippen LogP contribution in [0.2, 0.25) is 0 Å². The first-order valence-electron chi connectivity index (χ1n) is 9.87. The molecule has 0 bridgehead atoms. The van der Waals surface area contributed by atoms with E-state index < -0.39 is 4.92 Å². The molecule has 1 amide bonds. The predicted molar refractivity (Wildman–Crippen MR) is 111 cm³/mol. The molecule has 4 rings (SSSR count). The number of nitro benzene ring substituents is 1. The molecule has 1 aliphatic rings. The van der Waals surface area contributed by atoms with Crippen molar-refractivity contribution in [3.8, 4) is 0 Å². The molecule has 8 nitrogen and oxygen atoms in total. The molecule has 1 aromatic heterocycles. The Bertz CT molecular complexity index is 1010. The van der Waals surface area contributed by atoms with Crippen LogP contribution in [-0.2, 0) is 6.42 Å². The van der Waals surface area contributed by atoms with Crippen LogP contribution in [0.3, 0.4) is 0 Å². The largest absolute Gasteiger partial charge is 0.366 e. The lowest BCUT2D eigenvalue weighted by molar-refractivity contribution is -0.384. The van der Waals surface area contributed by atoms with Crippen LogP contribution >= 0.6 is 0 Å². The highest BCUT2D eigenvalue weighted by Gasteiger charge is 2.23. The average Bonchev–Trinajstić information content (AvgIpc) is 3.16. The Labute approximate surface area is 168 Å².